The Balaban J connectivity index is 2.28. The summed E-state index contributed by atoms with van der Waals surface area (Å²) in [5, 5.41) is 20.1. The summed E-state index contributed by atoms with van der Waals surface area (Å²) < 4.78 is 0. The van der Waals surface area contributed by atoms with Crippen LogP contribution in [0.4, 0.5) is 5.69 Å². The molecular formula is C13H7ClN2O2S. The molecular weight excluding hydrogens is 284 g/mol. The average molecular weight is 291 g/mol. The lowest BCUT2D eigenvalue weighted by atomic mass is 10.2. The quantitative estimate of drug-likeness (QED) is 0.625. The second-order valence-electron chi connectivity index (χ2n) is 3.61. The van der Waals surface area contributed by atoms with Crippen LogP contribution in [0.5, 0.6) is 0 Å². The van der Waals surface area contributed by atoms with E-state index >= 15 is 0 Å². The van der Waals surface area contributed by atoms with Crippen LogP contribution in [-0.2, 0) is 0 Å². The summed E-state index contributed by atoms with van der Waals surface area (Å²) in [6.45, 7) is 0. The van der Waals surface area contributed by atoms with Crippen molar-refractivity contribution in [1.82, 2.24) is 0 Å². The molecule has 0 N–H and O–H groups in total. The van der Waals surface area contributed by atoms with Crippen LogP contribution in [0.15, 0.2) is 52.3 Å². The minimum absolute atomic E-state index is 0.0379. The van der Waals surface area contributed by atoms with Crippen LogP contribution in [0.25, 0.3) is 0 Å². The highest BCUT2D eigenvalue weighted by Crippen LogP contribution is 2.32. The Morgan fingerprint density at radius 2 is 1.89 bits per heavy atom. The van der Waals surface area contributed by atoms with Gasteiger partial charge in [-0.3, -0.25) is 10.1 Å². The van der Waals surface area contributed by atoms with Crippen LogP contribution in [0, 0.1) is 21.4 Å². The second kappa shape index (κ2) is 5.74. The molecule has 0 saturated heterocycles. The summed E-state index contributed by atoms with van der Waals surface area (Å²) in [6.07, 6.45) is 0. The van der Waals surface area contributed by atoms with E-state index in [0.29, 0.717) is 10.6 Å². The first kappa shape index (κ1) is 13.4. The minimum Gasteiger partial charge on any atom is -0.258 e. The van der Waals surface area contributed by atoms with Crippen molar-refractivity contribution in [3.8, 4) is 6.07 Å². The number of benzene rings is 2. The maximum atomic E-state index is 10.6. The van der Waals surface area contributed by atoms with Crippen molar-refractivity contribution < 1.29 is 4.92 Å². The van der Waals surface area contributed by atoms with Crippen LogP contribution in [0.1, 0.15) is 5.56 Å². The highest BCUT2D eigenvalue weighted by atomic mass is 35.5. The highest BCUT2D eigenvalue weighted by molar-refractivity contribution is 7.99. The fourth-order valence-corrected chi connectivity index (χ4v) is 2.61. The lowest BCUT2D eigenvalue weighted by Crippen LogP contribution is -1.87. The first-order chi connectivity index (χ1) is 9.10. The summed E-state index contributed by atoms with van der Waals surface area (Å²) in [5.74, 6) is 0. The van der Waals surface area contributed by atoms with Gasteiger partial charge >= 0.3 is 0 Å². The fraction of sp³-hybridized carbons (Fsp3) is 0. The summed E-state index contributed by atoms with van der Waals surface area (Å²) >= 11 is 7.24. The molecule has 6 heteroatoms. The van der Waals surface area contributed by atoms with E-state index in [2.05, 4.69) is 6.07 Å². The molecule has 0 atom stereocenters. The van der Waals surface area contributed by atoms with E-state index in [-0.39, 0.29) is 5.69 Å². The maximum Gasteiger partial charge on any atom is 0.269 e. The highest BCUT2D eigenvalue weighted by Gasteiger charge is 2.08. The molecule has 0 fully saturated rings. The van der Waals surface area contributed by atoms with Crippen LogP contribution < -0.4 is 0 Å². The predicted octanol–water partition coefficient (Wildman–Crippen LogP) is 4.27. The number of nitro groups is 1. The molecule has 2 aromatic rings. The van der Waals surface area contributed by atoms with Crippen molar-refractivity contribution in [3.63, 3.8) is 0 Å². The lowest BCUT2D eigenvalue weighted by molar-refractivity contribution is -0.384. The number of nitriles is 1. The molecule has 0 aliphatic rings. The van der Waals surface area contributed by atoms with Crippen LogP contribution in [0.2, 0.25) is 5.02 Å². The Kier molecular flexibility index (Phi) is 4.05. The van der Waals surface area contributed by atoms with Gasteiger partial charge in [0.2, 0.25) is 0 Å². The zero-order valence-corrected chi connectivity index (χ0v) is 11.1. The van der Waals surface area contributed by atoms with Gasteiger partial charge in [0.15, 0.2) is 0 Å². The van der Waals surface area contributed by atoms with Crippen LogP contribution >= 0.6 is 23.4 Å². The molecule has 0 unspecified atom stereocenters. The van der Waals surface area contributed by atoms with Crippen molar-refractivity contribution in [1.29, 1.82) is 5.26 Å². The van der Waals surface area contributed by atoms with Gasteiger partial charge in [0, 0.05) is 26.9 Å². The number of halogens is 1. The predicted molar refractivity (Wildman–Crippen MR) is 73.4 cm³/mol. The number of nitrogens with zero attached hydrogens (tertiary/aromatic N) is 2. The van der Waals surface area contributed by atoms with Gasteiger partial charge in [-0.1, -0.05) is 23.4 Å². The number of hydrogen-bond acceptors (Lipinski definition) is 4. The zero-order chi connectivity index (χ0) is 13.8. The molecule has 94 valence electrons. The van der Waals surface area contributed by atoms with Crippen LogP contribution in [0.3, 0.4) is 0 Å². The number of rotatable bonds is 3. The molecule has 0 heterocycles. The van der Waals surface area contributed by atoms with Crippen molar-refractivity contribution in [2.45, 2.75) is 9.79 Å². The van der Waals surface area contributed by atoms with Gasteiger partial charge in [-0.2, -0.15) is 5.26 Å². The molecule has 0 spiro atoms. The number of non-ortho nitro benzene ring substituents is 1. The van der Waals surface area contributed by atoms with E-state index in [0.717, 1.165) is 9.79 Å². The normalized spacial score (nSPS) is 9.89. The first-order valence-corrected chi connectivity index (χ1v) is 6.41. The van der Waals surface area contributed by atoms with E-state index in [1.165, 1.54) is 23.9 Å². The molecule has 19 heavy (non-hydrogen) atoms. The molecule has 0 aromatic heterocycles. The SMILES string of the molecule is N#Cc1ccc(Cl)cc1Sc1ccc([N+](=O)[O-])cc1. The number of hydrogen-bond donors (Lipinski definition) is 0. The molecule has 0 aliphatic heterocycles. The Morgan fingerprint density at radius 3 is 2.47 bits per heavy atom. The third-order valence-corrected chi connectivity index (χ3v) is 3.64. The summed E-state index contributed by atoms with van der Waals surface area (Å²) in [6, 6.07) is 13.2. The fourth-order valence-electron chi connectivity index (χ4n) is 1.44. The number of nitro benzene ring substituents is 1. The minimum atomic E-state index is -0.450. The molecule has 2 aromatic carbocycles. The standard InChI is InChI=1S/C13H7ClN2O2S/c14-10-2-1-9(8-15)13(7-10)19-12-5-3-11(4-6-12)16(17)18/h1-7H. The topological polar surface area (TPSA) is 66.9 Å². The van der Waals surface area contributed by atoms with E-state index < -0.39 is 4.92 Å². The Bertz CT molecular complexity index is 665. The summed E-state index contributed by atoms with van der Waals surface area (Å²) in [4.78, 5) is 11.6. The molecule has 2 rings (SSSR count). The van der Waals surface area contributed by atoms with Gasteiger partial charge in [-0.25, -0.2) is 0 Å². The lowest BCUT2D eigenvalue weighted by Gasteiger charge is -2.04. The monoisotopic (exact) mass is 290 g/mol. The zero-order valence-electron chi connectivity index (χ0n) is 9.54. The van der Waals surface area contributed by atoms with E-state index in [1.54, 1.807) is 30.3 Å². The smallest absolute Gasteiger partial charge is 0.258 e. The first-order valence-electron chi connectivity index (χ1n) is 5.22. The van der Waals surface area contributed by atoms with Gasteiger partial charge in [0.05, 0.1) is 10.5 Å². The van der Waals surface area contributed by atoms with Crippen LogP contribution in [-0.4, -0.2) is 4.92 Å². The van der Waals surface area contributed by atoms with E-state index in [4.69, 9.17) is 16.9 Å². The molecule has 0 aliphatic carbocycles. The Labute approximate surface area is 118 Å². The maximum absolute atomic E-state index is 10.6. The Hall–Kier alpha value is -2.03. The van der Waals surface area contributed by atoms with Gasteiger partial charge in [-0.15, -0.1) is 0 Å². The third kappa shape index (κ3) is 3.25. The van der Waals surface area contributed by atoms with Gasteiger partial charge < -0.3 is 0 Å². The van der Waals surface area contributed by atoms with E-state index in [1.807, 2.05) is 0 Å². The van der Waals surface area contributed by atoms with E-state index in [9.17, 15) is 10.1 Å². The largest absolute Gasteiger partial charge is 0.269 e. The summed E-state index contributed by atoms with van der Waals surface area (Å²) in [7, 11) is 0. The summed E-state index contributed by atoms with van der Waals surface area (Å²) in [5.41, 5.74) is 0.559. The van der Waals surface area contributed by atoms with Crippen molar-refractivity contribution in [2.75, 3.05) is 0 Å². The Morgan fingerprint density at radius 1 is 1.21 bits per heavy atom. The third-order valence-electron chi connectivity index (χ3n) is 2.34. The van der Waals surface area contributed by atoms with Crippen molar-refractivity contribution in [3.05, 3.63) is 63.2 Å². The average Bonchev–Trinajstić information content (AvgIpc) is 2.39. The molecule has 0 radical (unpaired) electrons. The molecule has 0 bridgehead atoms. The van der Waals surface area contributed by atoms with Gasteiger partial charge in [0.25, 0.3) is 5.69 Å². The van der Waals surface area contributed by atoms with Gasteiger partial charge in [0.1, 0.15) is 6.07 Å². The molecule has 0 saturated carbocycles. The van der Waals surface area contributed by atoms with Crippen molar-refractivity contribution in [2.24, 2.45) is 0 Å². The molecule has 4 nitrogen and oxygen atoms in total. The van der Waals surface area contributed by atoms with Gasteiger partial charge in [-0.05, 0) is 30.3 Å². The molecule has 0 amide bonds. The van der Waals surface area contributed by atoms with Crippen molar-refractivity contribution >= 4 is 29.1 Å². The second-order valence-corrected chi connectivity index (χ2v) is 5.16.